The predicted octanol–water partition coefficient (Wildman–Crippen LogP) is 4.98. The first-order chi connectivity index (χ1) is 16.7. The van der Waals surface area contributed by atoms with Crippen LogP contribution in [0.2, 0.25) is 0 Å². The van der Waals surface area contributed by atoms with Crippen LogP contribution in [0.25, 0.3) is 0 Å². The Morgan fingerprint density at radius 2 is 1.60 bits per heavy atom. The van der Waals surface area contributed by atoms with Gasteiger partial charge in [-0.1, -0.05) is 44.2 Å². The molecule has 0 saturated carbocycles. The third-order valence-electron chi connectivity index (χ3n) is 6.04. The van der Waals surface area contributed by atoms with Crippen molar-refractivity contribution in [2.45, 2.75) is 45.1 Å². The summed E-state index contributed by atoms with van der Waals surface area (Å²) in [5.41, 5.74) is 1.40. The SMILES string of the molecule is COc1ccc(C2C(C(=O)Nc3nnc(C(C)(C)C)s3)CCC(=O)N2c2ccc(OC)cc2)cc1. The number of piperidine rings is 1. The number of amides is 2. The number of benzene rings is 2. The lowest BCUT2D eigenvalue weighted by Crippen LogP contribution is -2.46. The number of nitrogens with zero attached hydrogens (tertiary/aromatic N) is 3. The van der Waals surface area contributed by atoms with Gasteiger partial charge in [-0.25, -0.2) is 0 Å². The van der Waals surface area contributed by atoms with Crippen molar-refractivity contribution in [1.29, 1.82) is 0 Å². The number of rotatable bonds is 6. The Kier molecular flexibility index (Phi) is 7.07. The molecule has 8 nitrogen and oxygen atoms in total. The summed E-state index contributed by atoms with van der Waals surface area (Å²) in [5.74, 6) is 0.695. The molecule has 35 heavy (non-hydrogen) atoms. The van der Waals surface area contributed by atoms with E-state index in [1.807, 2.05) is 48.5 Å². The number of anilines is 2. The number of nitrogens with one attached hydrogen (secondary N) is 1. The zero-order valence-electron chi connectivity index (χ0n) is 20.6. The average molecular weight is 495 g/mol. The van der Waals surface area contributed by atoms with E-state index in [1.54, 1.807) is 19.1 Å². The minimum atomic E-state index is -0.495. The van der Waals surface area contributed by atoms with Crippen molar-refractivity contribution < 1.29 is 19.1 Å². The minimum absolute atomic E-state index is 0.0361. The number of carbonyl (C=O) groups is 2. The number of methoxy groups -OCH3 is 2. The van der Waals surface area contributed by atoms with Crippen LogP contribution in [-0.4, -0.2) is 36.2 Å². The third kappa shape index (κ3) is 5.30. The van der Waals surface area contributed by atoms with Crippen LogP contribution >= 0.6 is 11.3 Å². The second kappa shape index (κ2) is 10.0. The van der Waals surface area contributed by atoms with Crippen LogP contribution in [0.3, 0.4) is 0 Å². The van der Waals surface area contributed by atoms with E-state index < -0.39 is 12.0 Å². The lowest BCUT2D eigenvalue weighted by atomic mass is 9.83. The van der Waals surface area contributed by atoms with E-state index in [0.29, 0.717) is 28.7 Å². The van der Waals surface area contributed by atoms with Crippen LogP contribution in [-0.2, 0) is 15.0 Å². The first-order valence-electron chi connectivity index (χ1n) is 11.5. The molecular formula is C26H30N4O4S. The van der Waals surface area contributed by atoms with Crippen molar-refractivity contribution >= 4 is 34.0 Å². The monoisotopic (exact) mass is 494 g/mol. The van der Waals surface area contributed by atoms with Gasteiger partial charge in [0.25, 0.3) is 0 Å². The third-order valence-corrected chi connectivity index (χ3v) is 7.30. The fourth-order valence-corrected chi connectivity index (χ4v) is 4.98. The van der Waals surface area contributed by atoms with E-state index in [9.17, 15) is 9.59 Å². The van der Waals surface area contributed by atoms with Gasteiger partial charge < -0.3 is 19.7 Å². The minimum Gasteiger partial charge on any atom is -0.497 e. The molecule has 3 aromatic rings. The summed E-state index contributed by atoms with van der Waals surface area (Å²) in [5, 5.41) is 12.7. The lowest BCUT2D eigenvalue weighted by Gasteiger charge is -2.40. The summed E-state index contributed by atoms with van der Waals surface area (Å²) in [6, 6.07) is 14.3. The molecule has 2 aromatic carbocycles. The highest BCUT2D eigenvalue weighted by atomic mass is 32.1. The molecular weight excluding hydrogens is 464 g/mol. The molecule has 1 fully saturated rings. The van der Waals surface area contributed by atoms with Gasteiger partial charge in [0.05, 0.1) is 26.2 Å². The van der Waals surface area contributed by atoms with E-state index in [0.717, 1.165) is 10.6 Å². The summed E-state index contributed by atoms with van der Waals surface area (Å²) < 4.78 is 10.6. The molecule has 1 aliphatic rings. The Morgan fingerprint density at radius 1 is 1.00 bits per heavy atom. The Bertz CT molecular complexity index is 1190. The molecule has 1 aromatic heterocycles. The maximum absolute atomic E-state index is 13.6. The highest BCUT2D eigenvalue weighted by Crippen LogP contribution is 2.41. The van der Waals surface area contributed by atoms with E-state index in [1.165, 1.54) is 11.3 Å². The van der Waals surface area contributed by atoms with Crippen LogP contribution in [0, 0.1) is 5.92 Å². The molecule has 2 heterocycles. The highest BCUT2D eigenvalue weighted by molar-refractivity contribution is 7.15. The molecule has 0 bridgehead atoms. The molecule has 2 atom stereocenters. The lowest BCUT2D eigenvalue weighted by molar-refractivity contribution is -0.125. The van der Waals surface area contributed by atoms with Gasteiger partial charge in [-0.05, 0) is 48.4 Å². The van der Waals surface area contributed by atoms with E-state index in [4.69, 9.17) is 9.47 Å². The van der Waals surface area contributed by atoms with Crippen LogP contribution in [0.15, 0.2) is 48.5 Å². The molecule has 0 radical (unpaired) electrons. The van der Waals surface area contributed by atoms with Gasteiger partial charge in [-0.3, -0.25) is 9.59 Å². The van der Waals surface area contributed by atoms with Crippen molar-refractivity contribution in [3.8, 4) is 11.5 Å². The van der Waals surface area contributed by atoms with Gasteiger partial charge in [-0.2, -0.15) is 0 Å². The van der Waals surface area contributed by atoms with Gasteiger partial charge in [0.2, 0.25) is 16.9 Å². The zero-order valence-corrected chi connectivity index (χ0v) is 21.4. The molecule has 0 spiro atoms. The Morgan fingerprint density at radius 3 is 2.14 bits per heavy atom. The first kappa shape index (κ1) is 24.7. The summed E-state index contributed by atoms with van der Waals surface area (Å²) in [4.78, 5) is 28.5. The van der Waals surface area contributed by atoms with E-state index in [-0.39, 0.29) is 23.7 Å². The van der Waals surface area contributed by atoms with E-state index in [2.05, 4.69) is 36.3 Å². The largest absolute Gasteiger partial charge is 0.497 e. The Labute approximate surface area is 209 Å². The smallest absolute Gasteiger partial charge is 0.231 e. The van der Waals surface area contributed by atoms with Gasteiger partial charge in [0, 0.05) is 17.5 Å². The Balaban J connectivity index is 1.70. The molecule has 184 valence electrons. The van der Waals surface area contributed by atoms with Gasteiger partial charge in [0.1, 0.15) is 16.5 Å². The van der Waals surface area contributed by atoms with Crippen molar-refractivity contribution in [3.63, 3.8) is 0 Å². The molecule has 0 aliphatic carbocycles. The van der Waals surface area contributed by atoms with Gasteiger partial charge >= 0.3 is 0 Å². The normalized spacial score (nSPS) is 18.3. The van der Waals surface area contributed by atoms with Gasteiger partial charge in [-0.15, -0.1) is 10.2 Å². The summed E-state index contributed by atoms with van der Waals surface area (Å²) in [6.07, 6.45) is 0.694. The first-order valence-corrected chi connectivity index (χ1v) is 12.3. The van der Waals surface area contributed by atoms with Crippen molar-refractivity contribution in [3.05, 3.63) is 59.1 Å². The molecule has 1 N–H and O–H groups in total. The zero-order chi connectivity index (χ0) is 25.2. The molecule has 1 aliphatic heterocycles. The second-order valence-electron chi connectivity index (χ2n) is 9.48. The van der Waals surface area contributed by atoms with Crippen LogP contribution < -0.4 is 19.7 Å². The van der Waals surface area contributed by atoms with E-state index >= 15 is 0 Å². The quantitative estimate of drug-likeness (QED) is 0.520. The van der Waals surface area contributed by atoms with Gasteiger partial charge in [0.15, 0.2) is 0 Å². The number of carbonyl (C=O) groups excluding carboxylic acids is 2. The maximum Gasteiger partial charge on any atom is 0.231 e. The average Bonchev–Trinajstić information content (AvgIpc) is 3.33. The summed E-state index contributed by atoms with van der Waals surface area (Å²) in [6.45, 7) is 6.16. The number of hydrogen-bond donors (Lipinski definition) is 1. The summed E-state index contributed by atoms with van der Waals surface area (Å²) >= 11 is 1.37. The topological polar surface area (TPSA) is 93.7 Å². The van der Waals surface area contributed by atoms with Crippen molar-refractivity contribution in [1.82, 2.24) is 10.2 Å². The molecule has 2 unspecified atom stereocenters. The predicted molar refractivity (Wildman–Crippen MR) is 136 cm³/mol. The van der Waals surface area contributed by atoms with Crippen molar-refractivity contribution in [2.75, 3.05) is 24.4 Å². The fourth-order valence-electron chi connectivity index (χ4n) is 4.17. The fraction of sp³-hybridized carbons (Fsp3) is 0.385. The van der Waals surface area contributed by atoms with Crippen LogP contribution in [0.5, 0.6) is 11.5 Å². The summed E-state index contributed by atoms with van der Waals surface area (Å²) in [7, 11) is 3.20. The second-order valence-corrected chi connectivity index (χ2v) is 10.5. The number of hydrogen-bond acceptors (Lipinski definition) is 7. The maximum atomic E-state index is 13.6. The molecule has 4 rings (SSSR count). The molecule has 9 heteroatoms. The number of aromatic nitrogens is 2. The Hall–Kier alpha value is -3.46. The molecule has 1 saturated heterocycles. The standard InChI is InChI=1S/C26H30N4O4S/c1-26(2,3)24-28-29-25(35-24)27-23(32)20-14-15-21(31)30(17-8-12-19(34-5)13-9-17)22(20)16-6-10-18(33-4)11-7-16/h6-13,20,22H,14-15H2,1-5H3,(H,27,29,32). The highest BCUT2D eigenvalue weighted by Gasteiger charge is 2.41. The van der Waals surface area contributed by atoms with Crippen molar-refractivity contribution in [2.24, 2.45) is 5.92 Å². The van der Waals surface area contributed by atoms with Crippen LogP contribution in [0.4, 0.5) is 10.8 Å². The van der Waals surface area contributed by atoms with Crippen LogP contribution in [0.1, 0.15) is 50.2 Å². The molecule has 2 amide bonds. The number of ether oxygens (including phenoxy) is 2.